The largest absolute Gasteiger partial charge is 0.497 e. The second-order valence-electron chi connectivity index (χ2n) is 6.63. The van der Waals surface area contributed by atoms with Gasteiger partial charge in [-0.1, -0.05) is 12.1 Å². The Balaban J connectivity index is 1.61. The molecular formula is C21H21FN6O3. The molecule has 3 aromatic rings. The number of nitrogens with zero attached hydrogens (tertiary/aromatic N) is 4. The Kier molecular flexibility index (Phi) is 6.71. The van der Waals surface area contributed by atoms with Crippen molar-refractivity contribution in [3.63, 3.8) is 0 Å². The van der Waals surface area contributed by atoms with Gasteiger partial charge in [-0.25, -0.2) is 4.39 Å². The first-order valence-electron chi connectivity index (χ1n) is 9.36. The molecule has 1 aromatic heterocycles. The molecule has 3 rings (SSSR count). The molecule has 0 saturated carbocycles. The predicted octanol–water partition coefficient (Wildman–Crippen LogP) is 2.28. The first-order chi connectivity index (χ1) is 14.9. The quantitative estimate of drug-likeness (QED) is 0.563. The number of methoxy groups -OCH3 is 1. The van der Waals surface area contributed by atoms with E-state index in [1.54, 1.807) is 44.4 Å². The summed E-state index contributed by atoms with van der Waals surface area (Å²) in [5.41, 5.74) is 1.23. The smallest absolute Gasteiger partial charge is 0.246 e. The summed E-state index contributed by atoms with van der Waals surface area (Å²) in [7, 11) is 1.57. The van der Waals surface area contributed by atoms with Gasteiger partial charge in [0.2, 0.25) is 11.8 Å². The number of carbonyl (C=O) groups excluding carboxylic acids is 2. The molecule has 1 heterocycles. The van der Waals surface area contributed by atoms with Crippen molar-refractivity contribution in [2.45, 2.75) is 19.9 Å². The number of aryl methyl sites for hydroxylation is 1. The van der Waals surface area contributed by atoms with Crippen molar-refractivity contribution in [1.29, 1.82) is 0 Å². The molecule has 0 spiro atoms. The van der Waals surface area contributed by atoms with Crippen molar-refractivity contribution in [2.24, 2.45) is 0 Å². The summed E-state index contributed by atoms with van der Waals surface area (Å²) in [6.45, 7) is 3.19. The van der Waals surface area contributed by atoms with Crippen molar-refractivity contribution >= 4 is 23.6 Å². The van der Waals surface area contributed by atoms with Crippen LogP contribution in [0.15, 0.2) is 48.5 Å². The Labute approximate surface area is 177 Å². The van der Waals surface area contributed by atoms with Crippen LogP contribution in [0, 0.1) is 12.7 Å². The number of hydrogen-bond donors (Lipinski definition) is 2. The van der Waals surface area contributed by atoms with Gasteiger partial charge in [0.05, 0.1) is 18.5 Å². The maximum atomic E-state index is 14.2. The fraction of sp³-hybridized carbons (Fsp3) is 0.190. The Morgan fingerprint density at radius 2 is 1.94 bits per heavy atom. The molecule has 0 radical (unpaired) electrons. The number of halogens is 1. The minimum atomic E-state index is -0.897. The van der Waals surface area contributed by atoms with Crippen molar-refractivity contribution in [3.05, 3.63) is 65.7 Å². The molecule has 0 bridgehead atoms. The van der Waals surface area contributed by atoms with Gasteiger partial charge in [0.1, 0.15) is 17.6 Å². The second-order valence-corrected chi connectivity index (χ2v) is 6.63. The number of carbonyl (C=O) groups is 2. The second kappa shape index (κ2) is 9.61. The van der Waals surface area contributed by atoms with E-state index in [0.29, 0.717) is 17.3 Å². The van der Waals surface area contributed by atoms with Gasteiger partial charge < -0.3 is 15.4 Å². The van der Waals surface area contributed by atoms with Gasteiger partial charge in [0.15, 0.2) is 5.82 Å². The van der Waals surface area contributed by atoms with Gasteiger partial charge >= 0.3 is 0 Å². The number of anilines is 1. The van der Waals surface area contributed by atoms with Crippen LogP contribution in [0.5, 0.6) is 5.75 Å². The Morgan fingerprint density at radius 3 is 2.58 bits per heavy atom. The summed E-state index contributed by atoms with van der Waals surface area (Å²) in [5.74, 6) is -0.444. The number of hydrogen-bond acceptors (Lipinski definition) is 6. The summed E-state index contributed by atoms with van der Waals surface area (Å²) in [4.78, 5) is 24.6. The predicted molar refractivity (Wildman–Crippen MR) is 112 cm³/mol. The molecule has 2 aromatic carbocycles. The molecule has 0 aliphatic rings. The molecule has 2 N–H and O–H groups in total. The molecule has 1 atom stereocenters. The summed E-state index contributed by atoms with van der Waals surface area (Å²) in [6, 6.07) is 10.3. The van der Waals surface area contributed by atoms with Crippen molar-refractivity contribution in [2.75, 3.05) is 12.4 Å². The number of benzene rings is 2. The highest BCUT2D eigenvalue weighted by atomic mass is 19.1. The number of nitrogens with one attached hydrogen (secondary N) is 2. The number of tetrazole rings is 1. The van der Waals surface area contributed by atoms with Crippen LogP contribution in [0.4, 0.5) is 10.1 Å². The lowest BCUT2D eigenvalue weighted by atomic mass is 10.2. The lowest BCUT2D eigenvalue weighted by Gasteiger charge is -2.14. The zero-order valence-corrected chi connectivity index (χ0v) is 17.2. The van der Waals surface area contributed by atoms with Crippen LogP contribution in [0.25, 0.3) is 11.8 Å². The Bertz CT molecular complexity index is 1110. The summed E-state index contributed by atoms with van der Waals surface area (Å²) in [6.07, 6.45) is 2.92. The average Bonchev–Trinajstić information content (AvgIpc) is 3.20. The molecule has 10 heteroatoms. The molecule has 1 unspecified atom stereocenters. The van der Waals surface area contributed by atoms with Crippen molar-refractivity contribution < 1.29 is 18.7 Å². The highest BCUT2D eigenvalue weighted by molar-refractivity contribution is 6.00. The third kappa shape index (κ3) is 5.50. The number of ether oxygens (including phenoxy) is 1. The molecular weight excluding hydrogens is 403 g/mol. The molecule has 0 aliphatic heterocycles. The third-order valence-electron chi connectivity index (χ3n) is 4.37. The maximum absolute atomic E-state index is 14.2. The van der Waals surface area contributed by atoms with Gasteiger partial charge in [-0.15, -0.1) is 5.10 Å². The first kappa shape index (κ1) is 21.6. The van der Waals surface area contributed by atoms with E-state index in [-0.39, 0.29) is 5.69 Å². The minimum absolute atomic E-state index is 0.0488. The monoisotopic (exact) mass is 424 g/mol. The van der Waals surface area contributed by atoms with Crippen LogP contribution in [-0.2, 0) is 9.59 Å². The van der Waals surface area contributed by atoms with Crippen LogP contribution < -0.4 is 15.4 Å². The zero-order valence-electron chi connectivity index (χ0n) is 17.2. The van der Waals surface area contributed by atoms with Crippen LogP contribution >= 0.6 is 0 Å². The van der Waals surface area contributed by atoms with Gasteiger partial charge in [0.25, 0.3) is 0 Å². The fourth-order valence-corrected chi connectivity index (χ4v) is 2.67. The number of rotatable bonds is 7. The number of amides is 2. The van der Waals surface area contributed by atoms with E-state index in [2.05, 4.69) is 26.2 Å². The van der Waals surface area contributed by atoms with Crippen LogP contribution in [0.3, 0.4) is 0 Å². The molecule has 0 aliphatic carbocycles. The molecule has 0 fully saturated rings. The van der Waals surface area contributed by atoms with Crippen LogP contribution in [-0.4, -0.2) is 45.2 Å². The highest BCUT2D eigenvalue weighted by Crippen LogP contribution is 2.19. The molecule has 9 nitrogen and oxygen atoms in total. The number of aromatic nitrogens is 4. The van der Waals surface area contributed by atoms with Crippen LogP contribution in [0.2, 0.25) is 0 Å². The van der Waals surface area contributed by atoms with Gasteiger partial charge in [0, 0.05) is 6.08 Å². The van der Waals surface area contributed by atoms with E-state index in [1.165, 1.54) is 35.9 Å². The van der Waals surface area contributed by atoms with Gasteiger partial charge in [-0.3, -0.25) is 9.59 Å². The molecule has 31 heavy (non-hydrogen) atoms. The lowest BCUT2D eigenvalue weighted by molar-refractivity contribution is -0.123. The summed E-state index contributed by atoms with van der Waals surface area (Å²) < 4.78 is 20.7. The standard InChI is InChI=1S/C21H21FN6O3/c1-13(23-20(29)11-6-15-4-8-17(31-3)9-5-15)21(30)24-19-12-16(7-10-18(19)22)28-14(2)25-26-27-28/h4-13H,1-3H3,(H,23,29)(H,24,30)/b11-6+. The molecule has 160 valence electrons. The van der Waals surface area contributed by atoms with Crippen LogP contribution in [0.1, 0.15) is 18.3 Å². The molecule has 2 amide bonds. The lowest BCUT2D eigenvalue weighted by Crippen LogP contribution is -2.41. The van der Waals surface area contributed by atoms with Crippen molar-refractivity contribution in [1.82, 2.24) is 25.5 Å². The topological polar surface area (TPSA) is 111 Å². The summed E-state index contributed by atoms with van der Waals surface area (Å²) >= 11 is 0. The Morgan fingerprint density at radius 1 is 1.19 bits per heavy atom. The minimum Gasteiger partial charge on any atom is -0.497 e. The van der Waals surface area contributed by atoms with Crippen molar-refractivity contribution in [3.8, 4) is 11.4 Å². The average molecular weight is 424 g/mol. The van der Waals surface area contributed by atoms with Gasteiger partial charge in [-0.05, 0) is 66.2 Å². The van der Waals surface area contributed by atoms with E-state index >= 15 is 0 Å². The van der Waals surface area contributed by atoms with E-state index < -0.39 is 23.7 Å². The normalized spacial score (nSPS) is 11.9. The third-order valence-corrected chi connectivity index (χ3v) is 4.37. The van der Waals surface area contributed by atoms with E-state index in [1.807, 2.05) is 0 Å². The van der Waals surface area contributed by atoms with E-state index in [9.17, 15) is 14.0 Å². The summed E-state index contributed by atoms with van der Waals surface area (Å²) in [5, 5.41) is 16.1. The molecule has 0 saturated heterocycles. The Hall–Kier alpha value is -4.08. The first-order valence-corrected chi connectivity index (χ1v) is 9.36. The van der Waals surface area contributed by atoms with E-state index in [4.69, 9.17) is 4.74 Å². The highest BCUT2D eigenvalue weighted by Gasteiger charge is 2.17. The van der Waals surface area contributed by atoms with Gasteiger partial charge in [-0.2, -0.15) is 4.68 Å². The SMILES string of the molecule is COc1ccc(/C=C/C(=O)NC(C)C(=O)Nc2cc(-n3nnnc3C)ccc2F)cc1. The zero-order chi connectivity index (χ0) is 22.4. The maximum Gasteiger partial charge on any atom is 0.246 e. The van der Waals surface area contributed by atoms with E-state index in [0.717, 1.165) is 5.56 Å². The fourth-order valence-electron chi connectivity index (χ4n) is 2.67.